The van der Waals surface area contributed by atoms with Crippen LogP contribution in [0.4, 0.5) is 0 Å². The van der Waals surface area contributed by atoms with Crippen LogP contribution in [0, 0.1) is 0 Å². The van der Waals surface area contributed by atoms with E-state index in [4.69, 9.17) is 4.65 Å². The second kappa shape index (κ2) is 6.80. The van der Waals surface area contributed by atoms with Gasteiger partial charge in [-0.2, -0.15) is 0 Å². The van der Waals surface area contributed by atoms with Crippen molar-refractivity contribution in [1.82, 2.24) is 4.57 Å². The van der Waals surface area contributed by atoms with E-state index in [2.05, 4.69) is 71.3 Å². The zero-order valence-corrected chi connectivity index (χ0v) is 16.9. The van der Waals surface area contributed by atoms with E-state index in [1.807, 2.05) is 19.9 Å². The Bertz CT molecular complexity index is 1120. The van der Waals surface area contributed by atoms with Crippen molar-refractivity contribution in [3.63, 3.8) is 0 Å². The number of hydrogen-bond donors (Lipinski definition) is 1. The first-order valence-electron chi connectivity index (χ1n) is 9.72. The molecule has 142 valence electrons. The molecule has 0 aliphatic carbocycles. The number of rotatable bonds is 5. The third-order valence-corrected chi connectivity index (χ3v) is 5.85. The Hall–Kier alpha value is -2.56. The topological polar surface area (TPSA) is 34.4 Å². The van der Waals surface area contributed by atoms with Gasteiger partial charge in [0.25, 0.3) is 0 Å². The van der Waals surface area contributed by atoms with E-state index in [9.17, 15) is 5.11 Å². The summed E-state index contributed by atoms with van der Waals surface area (Å²) in [7, 11) is 0.428. The third-order valence-electron chi connectivity index (χ3n) is 5.85. The fraction of sp³-hybridized carbons (Fsp3) is 0.250. The first kappa shape index (κ1) is 18.8. The molecule has 28 heavy (non-hydrogen) atoms. The Morgan fingerprint density at radius 1 is 0.786 bits per heavy atom. The van der Waals surface area contributed by atoms with Crippen molar-refractivity contribution >= 4 is 34.8 Å². The van der Waals surface area contributed by atoms with Crippen LogP contribution < -0.4 is 5.46 Å². The first-order chi connectivity index (χ1) is 13.3. The average molecular weight is 371 g/mol. The number of benzene rings is 3. The minimum absolute atomic E-state index is 0.428. The summed E-state index contributed by atoms with van der Waals surface area (Å²) in [6, 6.07) is 25.3. The lowest BCUT2D eigenvalue weighted by atomic mass is 9.81. The SMILES string of the molecule is CC(C)(O)C(C)(C)OBc1cccc2c3ccccc3n(-c3ccccc3)c12. The van der Waals surface area contributed by atoms with Gasteiger partial charge < -0.3 is 14.3 Å². The smallest absolute Gasteiger partial charge is 0.311 e. The summed E-state index contributed by atoms with van der Waals surface area (Å²) in [6.07, 6.45) is 0. The van der Waals surface area contributed by atoms with Crippen molar-refractivity contribution in [1.29, 1.82) is 0 Å². The van der Waals surface area contributed by atoms with Crippen LogP contribution in [0.5, 0.6) is 0 Å². The lowest BCUT2D eigenvalue weighted by molar-refractivity contribution is -0.0893. The molecule has 4 aromatic rings. The maximum Gasteiger partial charge on any atom is 0.311 e. The molecule has 4 rings (SSSR count). The van der Waals surface area contributed by atoms with Gasteiger partial charge in [0.15, 0.2) is 0 Å². The fourth-order valence-corrected chi connectivity index (χ4v) is 3.49. The number of aromatic nitrogens is 1. The van der Waals surface area contributed by atoms with Crippen molar-refractivity contribution in [2.75, 3.05) is 0 Å². The highest BCUT2D eigenvalue weighted by atomic mass is 16.5. The van der Waals surface area contributed by atoms with Crippen LogP contribution in [0.1, 0.15) is 27.7 Å². The van der Waals surface area contributed by atoms with E-state index in [1.54, 1.807) is 13.8 Å². The predicted molar refractivity (Wildman–Crippen MR) is 119 cm³/mol. The molecule has 0 radical (unpaired) electrons. The first-order valence-corrected chi connectivity index (χ1v) is 9.72. The third kappa shape index (κ3) is 3.13. The molecule has 0 saturated heterocycles. The van der Waals surface area contributed by atoms with Crippen LogP contribution in [0.15, 0.2) is 72.8 Å². The zero-order chi connectivity index (χ0) is 19.9. The molecule has 0 aliphatic heterocycles. The van der Waals surface area contributed by atoms with Gasteiger partial charge in [-0.1, -0.05) is 54.6 Å². The van der Waals surface area contributed by atoms with E-state index in [0.29, 0.717) is 7.48 Å². The summed E-state index contributed by atoms with van der Waals surface area (Å²) >= 11 is 0. The highest BCUT2D eigenvalue weighted by molar-refractivity contribution is 6.52. The summed E-state index contributed by atoms with van der Waals surface area (Å²) in [5, 5.41) is 12.9. The van der Waals surface area contributed by atoms with E-state index in [-0.39, 0.29) is 0 Å². The Labute approximate surface area is 166 Å². The van der Waals surface area contributed by atoms with Gasteiger partial charge >= 0.3 is 7.48 Å². The van der Waals surface area contributed by atoms with Crippen LogP contribution in [0.3, 0.4) is 0 Å². The maximum absolute atomic E-state index is 10.5. The monoisotopic (exact) mass is 371 g/mol. The van der Waals surface area contributed by atoms with Gasteiger partial charge in [-0.3, -0.25) is 0 Å². The molecule has 0 spiro atoms. The van der Waals surface area contributed by atoms with Gasteiger partial charge in [-0.15, -0.1) is 0 Å². The van der Waals surface area contributed by atoms with E-state index >= 15 is 0 Å². The Balaban J connectivity index is 1.92. The molecule has 1 heterocycles. The molecule has 1 N–H and O–H groups in total. The molecule has 1 aromatic heterocycles. The highest BCUT2D eigenvalue weighted by Gasteiger charge is 2.36. The number of hydrogen-bond acceptors (Lipinski definition) is 2. The quantitative estimate of drug-likeness (QED) is 0.530. The van der Waals surface area contributed by atoms with E-state index < -0.39 is 11.2 Å². The molecule has 3 nitrogen and oxygen atoms in total. The molecule has 0 atom stereocenters. The average Bonchev–Trinajstić information content (AvgIpc) is 3.01. The standard InChI is InChI=1S/C24H26BNO2/c1-23(2,27)24(3,4)28-25-20-15-10-14-19-18-13-8-9-16-21(18)26(22(19)20)17-11-6-5-7-12-17/h5-16,25,27H,1-4H3. The van der Waals surface area contributed by atoms with Gasteiger partial charge in [0.1, 0.15) is 0 Å². The van der Waals surface area contributed by atoms with Gasteiger partial charge in [-0.05, 0) is 51.4 Å². The number of fused-ring (bicyclic) bond motifs is 3. The molecule has 0 aliphatic rings. The van der Waals surface area contributed by atoms with Crippen molar-refractivity contribution in [2.24, 2.45) is 0 Å². The Kier molecular flexibility index (Phi) is 4.57. The highest BCUT2D eigenvalue weighted by Crippen LogP contribution is 2.31. The number of aliphatic hydroxyl groups is 1. The number of nitrogens with zero attached hydrogens (tertiary/aromatic N) is 1. The minimum atomic E-state index is -0.937. The summed E-state index contributed by atoms with van der Waals surface area (Å²) in [5.41, 5.74) is 2.96. The van der Waals surface area contributed by atoms with Gasteiger partial charge in [0, 0.05) is 16.5 Å². The molecular formula is C24H26BNO2. The zero-order valence-electron chi connectivity index (χ0n) is 16.9. The van der Waals surface area contributed by atoms with E-state index in [0.717, 1.165) is 16.7 Å². The summed E-state index contributed by atoms with van der Waals surface area (Å²) in [6.45, 7) is 7.43. The molecular weight excluding hydrogens is 345 g/mol. The van der Waals surface area contributed by atoms with Crippen molar-refractivity contribution in [3.8, 4) is 5.69 Å². The second-order valence-electron chi connectivity index (χ2n) is 8.36. The molecule has 3 aromatic carbocycles. The van der Waals surface area contributed by atoms with Gasteiger partial charge in [0.05, 0.1) is 22.2 Å². The lowest BCUT2D eigenvalue weighted by Gasteiger charge is -2.37. The Morgan fingerprint density at radius 3 is 2.14 bits per heavy atom. The summed E-state index contributed by atoms with van der Waals surface area (Å²) in [5.74, 6) is 0. The number of para-hydroxylation sites is 3. The van der Waals surface area contributed by atoms with Crippen LogP contribution >= 0.6 is 0 Å². The largest absolute Gasteiger partial charge is 0.427 e. The van der Waals surface area contributed by atoms with Gasteiger partial charge in [0.2, 0.25) is 0 Å². The van der Waals surface area contributed by atoms with Crippen molar-refractivity contribution in [3.05, 3.63) is 72.8 Å². The minimum Gasteiger partial charge on any atom is -0.427 e. The van der Waals surface area contributed by atoms with Crippen molar-refractivity contribution in [2.45, 2.75) is 38.9 Å². The van der Waals surface area contributed by atoms with Crippen molar-refractivity contribution < 1.29 is 9.76 Å². The normalized spacial score (nSPS) is 12.6. The predicted octanol–water partition coefficient (Wildman–Crippen LogP) is 4.33. The van der Waals surface area contributed by atoms with Crippen LogP contribution in [0.25, 0.3) is 27.5 Å². The lowest BCUT2D eigenvalue weighted by Crippen LogP contribution is -2.49. The Morgan fingerprint density at radius 2 is 1.43 bits per heavy atom. The molecule has 0 saturated carbocycles. The van der Waals surface area contributed by atoms with Gasteiger partial charge in [-0.25, -0.2) is 0 Å². The fourth-order valence-electron chi connectivity index (χ4n) is 3.49. The van der Waals surface area contributed by atoms with Crippen LogP contribution in [-0.4, -0.2) is 28.4 Å². The molecule has 0 bridgehead atoms. The second-order valence-corrected chi connectivity index (χ2v) is 8.36. The molecule has 4 heteroatoms. The van der Waals surface area contributed by atoms with Crippen LogP contribution in [-0.2, 0) is 4.65 Å². The van der Waals surface area contributed by atoms with Crippen LogP contribution in [0.2, 0.25) is 0 Å². The van der Waals surface area contributed by atoms with E-state index in [1.165, 1.54) is 16.3 Å². The molecule has 0 unspecified atom stereocenters. The summed E-state index contributed by atoms with van der Waals surface area (Å²) in [4.78, 5) is 0. The summed E-state index contributed by atoms with van der Waals surface area (Å²) < 4.78 is 8.52. The molecule has 0 fully saturated rings. The maximum atomic E-state index is 10.5. The molecule has 0 amide bonds.